The third kappa shape index (κ3) is 3.98. The molecule has 2 aliphatic rings. The number of rotatable bonds is 6. The number of carbonyl (C=O) groups is 1. The van der Waals surface area contributed by atoms with Crippen LogP contribution in [-0.2, 0) is 13.1 Å². The smallest absolute Gasteiger partial charge is 0.273 e. The van der Waals surface area contributed by atoms with E-state index in [0.717, 1.165) is 50.4 Å². The fourth-order valence-corrected chi connectivity index (χ4v) is 4.12. The molecule has 1 amide bonds. The van der Waals surface area contributed by atoms with Crippen molar-refractivity contribution in [3.63, 3.8) is 0 Å². The van der Waals surface area contributed by atoms with Gasteiger partial charge in [-0.2, -0.15) is 0 Å². The van der Waals surface area contributed by atoms with Crippen LogP contribution in [0.25, 0.3) is 0 Å². The number of likely N-dealkylation sites (tertiary alicyclic amines) is 1. The van der Waals surface area contributed by atoms with Crippen molar-refractivity contribution in [2.75, 3.05) is 6.54 Å². The van der Waals surface area contributed by atoms with E-state index < -0.39 is 0 Å². The number of aryl methyl sites for hydroxylation is 1. The molecule has 7 nitrogen and oxygen atoms in total. The summed E-state index contributed by atoms with van der Waals surface area (Å²) in [4.78, 5) is 14.7. The maximum absolute atomic E-state index is 12.3. The summed E-state index contributed by atoms with van der Waals surface area (Å²) >= 11 is 0. The van der Waals surface area contributed by atoms with E-state index in [1.165, 1.54) is 19.3 Å². The predicted octanol–water partition coefficient (Wildman–Crippen LogP) is 2.52. The van der Waals surface area contributed by atoms with Crippen LogP contribution < -0.4 is 5.32 Å². The molecule has 1 N–H and O–H groups in total. The fraction of sp³-hybridized carbons (Fsp3) is 0.632. The van der Waals surface area contributed by atoms with Crippen molar-refractivity contribution in [2.24, 2.45) is 0 Å². The third-order valence-corrected chi connectivity index (χ3v) is 5.51. The molecule has 26 heavy (non-hydrogen) atoms. The first-order chi connectivity index (χ1) is 12.7. The minimum absolute atomic E-state index is 0.0995. The highest BCUT2D eigenvalue weighted by molar-refractivity contribution is 5.92. The highest BCUT2D eigenvalue weighted by Crippen LogP contribution is 2.22. The molecule has 1 aliphatic carbocycles. The molecule has 1 saturated heterocycles. The van der Waals surface area contributed by atoms with Crippen molar-refractivity contribution in [3.8, 4) is 0 Å². The molecular weight excluding hydrogens is 330 g/mol. The number of hydrogen-bond donors (Lipinski definition) is 1. The number of amides is 1. The van der Waals surface area contributed by atoms with E-state index >= 15 is 0 Å². The van der Waals surface area contributed by atoms with E-state index in [2.05, 4.69) is 20.5 Å². The van der Waals surface area contributed by atoms with Gasteiger partial charge in [0.2, 0.25) is 0 Å². The highest BCUT2D eigenvalue weighted by atomic mass is 16.3. The number of hydrogen-bond acceptors (Lipinski definition) is 5. The van der Waals surface area contributed by atoms with Crippen molar-refractivity contribution < 1.29 is 9.21 Å². The van der Waals surface area contributed by atoms with Crippen molar-refractivity contribution >= 4 is 5.91 Å². The number of nitrogens with zero attached hydrogens (tertiary/aromatic N) is 4. The van der Waals surface area contributed by atoms with Gasteiger partial charge in [0.15, 0.2) is 5.69 Å². The summed E-state index contributed by atoms with van der Waals surface area (Å²) in [6, 6.07) is 4.75. The molecule has 1 atom stereocenters. The first-order valence-electron chi connectivity index (χ1n) is 9.68. The average Bonchev–Trinajstić information content (AvgIpc) is 3.38. The molecule has 2 aromatic heterocycles. The highest BCUT2D eigenvalue weighted by Gasteiger charge is 2.27. The second-order valence-electron chi connectivity index (χ2n) is 7.56. The summed E-state index contributed by atoms with van der Waals surface area (Å²) in [5.41, 5.74) is 0.420. The van der Waals surface area contributed by atoms with Gasteiger partial charge >= 0.3 is 0 Å². The van der Waals surface area contributed by atoms with Crippen LogP contribution in [0.5, 0.6) is 0 Å². The lowest BCUT2D eigenvalue weighted by Gasteiger charge is -2.23. The van der Waals surface area contributed by atoms with Gasteiger partial charge in [-0.15, -0.1) is 5.10 Å². The summed E-state index contributed by atoms with van der Waals surface area (Å²) in [5.74, 6) is 1.85. The van der Waals surface area contributed by atoms with Gasteiger partial charge in [-0.25, -0.2) is 0 Å². The molecule has 140 valence electrons. The van der Waals surface area contributed by atoms with Crippen molar-refractivity contribution in [2.45, 2.75) is 70.6 Å². The molecule has 2 aromatic rings. The van der Waals surface area contributed by atoms with E-state index in [9.17, 15) is 4.79 Å². The van der Waals surface area contributed by atoms with E-state index in [4.69, 9.17) is 4.42 Å². The van der Waals surface area contributed by atoms with Crippen LogP contribution in [0.4, 0.5) is 0 Å². The molecule has 4 rings (SSSR count). The monoisotopic (exact) mass is 357 g/mol. The Balaban J connectivity index is 1.34. The molecule has 0 unspecified atom stereocenters. The second kappa shape index (κ2) is 7.61. The topological polar surface area (TPSA) is 76.2 Å². The molecular formula is C19H27N5O2. The van der Waals surface area contributed by atoms with Crippen molar-refractivity contribution in [1.29, 1.82) is 0 Å². The van der Waals surface area contributed by atoms with Crippen LogP contribution in [0.1, 0.15) is 60.5 Å². The summed E-state index contributed by atoms with van der Waals surface area (Å²) < 4.78 is 7.52. The zero-order valence-electron chi connectivity index (χ0n) is 15.4. The predicted molar refractivity (Wildman–Crippen MR) is 96.6 cm³/mol. The normalized spacial score (nSPS) is 21.5. The molecule has 1 aliphatic heterocycles. The number of furan rings is 1. The van der Waals surface area contributed by atoms with Crippen LogP contribution >= 0.6 is 0 Å². The van der Waals surface area contributed by atoms with Gasteiger partial charge in [-0.05, 0) is 51.3 Å². The molecule has 0 spiro atoms. The van der Waals surface area contributed by atoms with Gasteiger partial charge < -0.3 is 9.73 Å². The Hall–Kier alpha value is -2.15. The van der Waals surface area contributed by atoms with Crippen molar-refractivity contribution in [1.82, 2.24) is 25.2 Å². The molecule has 1 saturated carbocycles. The van der Waals surface area contributed by atoms with E-state index in [-0.39, 0.29) is 5.91 Å². The quantitative estimate of drug-likeness (QED) is 0.860. The largest absolute Gasteiger partial charge is 0.465 e. The van der Waals surface area contributed by atoms with Gasteiger partial charge in [-0.3, -0.25) is 14.4 Å². The van der Waals surface area contributed by atoms with Crippen molar-refractivity contribution in [3.05, 3.63) is 35.5 Å². The number of carbonyl (C=O) groups excluding carboxylic acids is 1. The zero-order valence-corrected chi connectivity index (χ0v) is 15.4. The van der Waals surface area contributed by atoms with E-state index in [0.29, 0.717) is 17.8 Å². The van der Waals surface area contributed by atoms with Crippen LogP contribution in [0, 0.1) is 6.92 Å². The van der Waals surface area contributed by atoms with Gasteiger partial charge in [0, 0.05) is 12.1 Å². The Bertz CT molecular complexity index is 747. The Morgan fingerprint density at radius 1 is 1.27 bits per heavy atom. The van der Waals surface area contributed by atoms with Crippen LogP contribution in [0.15, 0.2) is 22.7 Å². The summed E-state index contributed by atoms with van der Waals surface area (Å²) in [7, 11) is 0. The second-order valence-corrected chi connectivity index (χ2v) is 7.56. The van der Waals surface area contributed by atoms with Gasteiger partial charge in [-0.1, -0.05) is 18.1 Å². The minimum atomic E-state index is -0.0995. The Kier molecular flexibility index (Phi) is 5.06. The van der Waals surface area contributed by atoms with Gasteiger partial charge in [0.05, 0.1) is 19.3 Å². The first-order valence-corrected chi connectivity index (χ1v) is 9.68. The number of aromatic nitrogens is 3. The molecule has 3 heterocycles. The molecule has 7 heteroatoms. The van der Waals surface area contributed by atoms with Gasteiger partial charge in [0.25, 0.3) is 5.91 Å². The molecule has 0 radical (unpaired) electrons. The average molecular weight is 357 g/mol. The SMILES string of the molecule is Cc1ccc(CN2CCC[C@H]2Cn2cc(C(=O)NC3CCCC3)nn2)o1. The number of nitrogens with one attached hydrogen (secondary N) is 1. The Morgan fingerprint density at radius 3 is 2.88 bits per heavy atom. The van der Waals surface area contributed by atoms with Gasteiger partial charge in [0.1, 0.15) is 11.5 Å². The van der Waals surface area contributed by atoms with Crippen LogP contribution in [-0.4, -0.2) is 44.4 Å². The third-order valence-electron chi connectivity index (χ3n) is 5.51. The Morgan fingerprint density at radius 2 is 2.12 bits per heavy atom. The molecule has 2 fully saturated rings. The maximum atomic E-state index is 12.3. The Labute approximate surface area is 153 Å². The first kappa shape index (κ1) is 17.3. The fourth-order valence-electron chi connectivity index (χ4n) is 4.12. The lowest BCUT2D eigenvalue weighted by atomic mass is 10.2. The van der Waals surface area contributed by atoms with Crippen LogP contribution in [0.3, 0.4) is 0 Å². The lowest BCUT2D eigenvalue weighted by molar-refractivity contribution is 0.0932. The van der Waals surface area contributed by atoms with E-state index in [1.54, 1.807) is 10.9 Å². The summed E-state index contributed by atoms with van der Waals surface area (Å²) in [6.45, 7) is 4.61. The van der Waals surface area contributed by atoms with Crippen LogP contribution in [0.2, 0.25) is 0 Å². The summed E-state index contributed by atoms with van der Waals surface area (Å²) in [6.07, 6.45) is 8.62. The van der Waals surface area contributed by atoms with E-state index in [1.807, 2.05) is 19.1 Å². The molecule has 0 bridgehead atoms. The maximum Gasteiger partial charge on any atom is 0.273 e. The standard InChI is InChI=1S/C19H27N5O2/c1-14-8-9-17(26-14)12-23-10-4-7-16(23)11-24-13-18(21-22-24)19(25)20-15-5-2-3-6-15/h8-9,13,15-16H,2-7,10-12H2,1H3,(H,20,25)/t16-/m0/s1. The zero-order chi connectivity index (χ0) is 17.9. The molecule has 0 aromatic carbocycles. The summed E-state index contributed by atoms with van der Waals surface area (Å²) in [5, 5.41) is 11.3. The lowest BCUT2D eigenvalue weighted by Crippen LogP contribution is -2.33. The minimum Gasteiger partial charge on any atom is -0.465 e.